The molecule has 2 aromatic rings. The van der Waals surface area contributed by atoms with Crippen molar-refractivity contribution >= 4 is 27.5 Å². The summed E-state index contributed by atoms with van der Waals surface area (Å²) in [6.07, 6.45) is -0.676. The highest BCUT2D eigenvalue weighted by Crippen LogP contribution is 2.30. The van der Waals surface area contributed by atoms with Crippen LogP contribution in [0.3, 0.4) is 0 Å². The molecule has 0 bridgehead atoms. The monoisotopic (exact) mass is 358 g/mol. The Hall–Kier alpha value is -1.10. The molecular weight excluding hydrogens is 347 g/mol. The lowest BCUT2D eigenvalue weighted by Gasteiger charge is -2.15. The van der Waals surface area contributed by atoms with E-state index in [2.05, 4.69) is 15.9 Å². The third kappa shape index (κ3) is 3.51. The zero-order valence-corrected chi connectivity index (χ0v) is 13.1. The van der Waals surface area contributed by atoms with Crippen LogP contribution in [-0.2, 0) is 6.42 Å². The van der Waals surface area contributed by atoms with Gasteiger partial charge in [0.1, 0.15) is 11.6 Å². The second-order valence-electron chi connectivity index (χ2n) is 4.34. The number of aliphatic hydroxyl groups is 1. The van der Waals surface area contributed by atoms with Gasteiger partial charge in [0, 0.05) is 15.9 Å². The highest BCUT2D eigenvalue weighted by Gasteiger charge is 2.15. The molecule has 2 nitrogen and oxygen atoms in total. The fraction of sp³-hybridized carbons (Fsp3) is 0.200. The summed E-state index contributed by atoms with van der Waals surface area (Å²) in [6.45, 7) is 0. The van der Waals surface area contributed by atoms with Crippen molar-refractivity contribution in [3.8, 4) is 5.75 Å². The number of aliphatic hydroxyl groups excluding tert-OH is 1. The van der Waals surface area contributed by atoms with Crippen molar-refractivity contribution in [2.24, 2.45) is 0 Å². The summed E-state index contributed by atoms with van der Waals surface area (Å²) < 4.78 is 19.6. The highest BCUT2D eigenvalue weighted by atomic mass is 79.9. The van der Waals surface area contributed by atoms with Crippen LogP contribution in [0.15, 0.2) is 40.9 Å². The Bertz CT molecular complexity index is 619. The first-order valence-corrected chi connectivity index (χ1v) is 7.14. The summed E-state index contributed by atoms with van der Waals surface area (Å²) >= 11 is 9.08. The van der Waals surface area contributed by atoms with Gasteiger partial charge < -0.3 is 9.84 Å². The Morgan fingerprint density at radius 3 is 2.70 bits per heavy atom. The van der Waals surface area contributed by atoms with Crippen LogP contribution in [0.25, 0.3) is 0 Å². The Labute approximate surface area is 130 Å². The van der Waals surface area contributed by atoms with Crippen molar-refractivity contribution < 1.29 is 14.2 Å². The molecule has 0 saturated heterocycles. The molecule has 1 N–H and O–H groups in total. The molecule has 0 amide bonds. The molecule has 0 saturated carbocycles. The number of methoxy groups -OCH3 is 1. The minimum Gasteiger partial charge on any atom is -0.497 e. The molecule has 2 rings (SSSR count). The summed E-state index contributed by atoms with van der Waals surface area (Å²) in [5.41, 5.74) is 1.07. The molecule has 0 radical (unpaired) electrons. The lowest BCUT2D eigenvalue weighted by atomic mass is 10.0. The zero-order chi connectivity index (χ0) is 14.7. The number of halogens is 3. The van der Waals surface area contributed by atoms with Crippen LogP contribution in [0.5, 0.6) is 5.75 Å². The Kier molecular flexibility index (Phi) is 5.02. The molecule has 0 spiro atoms. The first-order chi connectivity index (χ1) is 9.51. The molecule has 0 aliphatic rings. The van der Waals surface area contributed by atoms with E-state index in [0.717, 1.165) is 4.47 Å². The van der Waals surface area contributed by atoms with Gasteiger partial charge in [-0.15, -0.1) is 0 Å². The number of rotatable bonds is 4. The van der Waals surface area contributed by atoms with Crippen LogP contribution < -0.4 is 4.74 Å². The molecule has 5 heteroatoms. The zero-order valence-electron chi connectivity index (χ0n) is 10.7. The average molecular weight is 360 g/mol. The molecule has 1 unspecified atom stereocenters. The molecular formula is C15H13BrClFO2. The van der Waals surface area contributed by atoms with Gasteiger partial charge in [-0.05, 0) is 41.5 Å². The van der Waals surface area contributed by atoms with Gasteiger partial charge in [-0.2, -0.15) is 0 Å². The van der Waals surface area contributed by atoms with Crippen LogP contribution >= 0.6 is 27.5 Å². The topological polar surface area (TPSA) is 29.5 Å². The predicted octanol–water partition coefficient (Wildman–Crippen LogP) is 4.53. The lowest BCUT2D eigenvalue weighted by molar-refractivity contribution is 0.176. The van der Waals surface area contributed by atoms with Gasteiger partial charge >= 0.3 is 0 Å². The molecule has 106 valence electrons. The fourth-order valence-corrected chi connectivity index (χ4v) is 2.58. The van der Waals surface area contributed by atoms with E-state index in [-0.39, 0.29) is 6.42 Å². The van der Waals surface area contributed by atoms with Crippen molar-refractivity contribution in [2.75, 3.05) is 7.11 Å². The van der Waals surface area contributed by atoms with Gasteiger partial charge in [0.15, 0.2) is 0 Å². The smallest absolute Gasteiger partial charge is 0.127 e. The standard InChI is InChI=1S/C15H13BrClFO2/c1-20-11-4-5-13(16)12(8-11)15(19)6-9-2-3-10(17)7-14(9)18/h2-5,7-8,15,19H,6H2,1H3. The maximum absolute atomic E-state index is 13.7. The minimum atomic E-state index is -0.838. The molecule has 0 aromatic heterocycles. The quantitative estimate of drug-likeness (QED) is 0.869. The number of hydrogen-bond donors (Lipinski definition) is 1. The van der Waals surface area contributed by atoms with Crippen LogP contribution in [0.1, 0.15) is 17.2 Å². The van der Waals surface area contributed by atoms with Gasteiger partial charge in [-0.1, -0.05) is 33.6 Å². The van der Waals surface area contributed by atoms with E-state index in [0.29, 0.717) is 21.9 Å². The molecule has 1 atom stereocenters. The first kappa shape index (κ1) is 15.3. The Morgan fingerprint density at radius 1 is 1.30 bits per heavy atom. The fourth-order valence-electron chi connectivity index (χ4n) is 1.91. The van der Waals surface area contributed by atoms with Gasteiger partial charge in [-0.3, -0.25) is 0 Å². The number of hydrogen-bond acceptors (Lipinski definition) is 2. The van der Waals surface area contributed by atoms with E-state index < -0.39 is 11.9 Å². The second kappa shape index (κ2) is 6.57. The third-order valence-corrected chi connectivity index (χ3v) is 3.95. The molecule has 20 heavy (non-hydrogen) atoms. The predicted molar refractivity (Wildman–Crippen MR) is 80.8 cm³/mol. The summed E-state index contributed by atoms with van der Waals surface area (Å²) in [4.78, 5) is 0. The largest absolute Gasteiger partial charge is 0.497 e. The van der Waals surface area contributed by atoms with Gasteiger partial charge in [0.25, 0.3) is 0 Å². The molecule has 2 aromatic carbocycles. The van der Waals surface area contributed by atoms with E-state index in [1.54, 1.807) is 37.4 Å². The molecule has 0 aliphatic carbocycles. The average Bonchev–Trinajstić information content (AvgIpc) is 2.42. The SMILES string of the molecule is COc1ccc(Br)c(C(O)Cc2ccc(Cl)cc2F)c1. The van der Waals surface area contributed by atoms with Crippen molar-refractivity contribution in [1.29, 1.82) is 0 Å². The summed E-state index contributed by atoms with van der Waals surface area (Å²) in [6, 6.07) is 9.72. The molecule has 0 aliphatic heterocycles. The van der Waals surface area contributed by atoms with Gasteiger partial charge in [0.05, 0.1) is 13.2 Å². The van der Waals surface area contributed by atoms with E-state index in [1.165, 1.54) is 6.07 Å². The van der Waals surface area contributed by atoms with Crippen molar-refractivity contribution in [1.82, 2.24) is 0 Å². The molecule has 0 fully saturated rings. The normalized spacial score (nSPS) is 12.2. The van der Waals surface area contributed by atoms with Crippen molar-refractivity contribution in [2.45, 2.75) is 12.5 Å². The van der Waals surface area contributed by atoms with Crippen LogP contribution in [0.4, 0.5) is 4.39 Å². The van der Waals surface area contributed by atoms with E-state index in [9.17, 15) is 9.50 Å². The van der Waals surface area contributed by atoms with Gasteiger partial charge in [0.2, 0.25) is 0 Å². The lowest BCUT2D eigenvalue weighted by Crippen LogP contribution is -2.05. The maximum atomic E-state index is 13.7. The maximum Gasteiger partial charge on any atom is 0.127 e. The van der Waals surface area contributed by atoms with Gasteiger partial charge in [-0.25, -0.2) is 4.39 Å². The van der Waals surface area contributed by atoms with E-state index >= 15 is 0 Å². The summed E-state index contributed by atoms with van der Waals surface area (Å²) in [5.74, 6) is 0.217. The van der Waals surface area contributed by atoms with Crippen LogP contribution in [-0.4, -0.2) is 12.2 Å². The van der Waals surface area contributed by atoms with E-state index in [1.807, 2.05) is 0 Å². The highest BCUT2D eigenvalue weighted by molar-refractivity contribution is 9.10. The van der Waals surface area contributed by atoms with E-state index in [4.69, 9.17) is 16.3 Å². The number of ether oxygens (including phenoxy) is 1. The Balaban J connectivity index is 2.25. The Morgan fingerprint density at radius 2 is 2.05 bits per heavy atom. The first-order valence-electron chi connectivity index (χ1n) is 5.96. The number of benzene rings is 2. The summed E-state index contributed by atoms with van der Waals surface area (Å²) in [5, 5.41) is 10.6. The van der Waals surface area contributed by atoms with Crippen molar-refractivity contribution in [3.05, 3.63) is 62.8 Å². The molecule has 0 heterocycles. The second-order valence-corrected chi connectivity index (χ2v) is 5.63. The van der Waals surface area contributed by atoms with Crippen molar-refractivity contribution in [3.63, 3.8) is 0 Å². The van der Waals surface area contributed by atoms with Crippen LogP contribution in [0.2, 0.25) is 5.02 Å². The minimum absolute atomic E-state index is 0.161. The summed E-state index contributed by atoms with van der Waals surface area (Å²) in [7, 11) is 1.55. The van der Waals surface area contributed by atoms with Crippen LogP contribution in [0, 0.1) is 5.82 Å². The third-order valence-electron chi connectivity index (χ3n) is 2.99.